The third kappa shape index (κ3) is 5.36. The van der Waals surface area contributed by atoms with E-state index in [9.17, 15) is 13.2 Å². The second-order valence-electron chi connectivity index (χ2n) is 7.40. The second kappa shape index (κ2) is 9.41. The van der Waals surface area contributed by atoms with Crippen LogP contribution in [0.2, 0.25) is 0 Å². The van der Waals surface area contributed by atoms with E-state index in [1.54, 1.807) is 16.4 Å². The Bertz CT molecular complexity index is 924. The summed E-state index contributed by atoms with van der Waals surface area (Å²) in [5.74, 6) is 0.499. The molecule has 29 heavy (non-hydrogen) atoms. The first-order valence-electron chi connectivity index (χ1n) is 9.97. The van der Waals surface area contributed by atoms with E-state index in [1.807, 2.05) is 38.1 Å². The van der Waals surface area contributed by atoms with Crippen molar-refractivity contribution in [1.29, 1.82) is 0 Å². The first-order valence-corrected chi connectivity index (χ1v) is 11.4. The fraction of sp³-hybridized carbons (Fsp3) is 0.409. The molecule has 1 aliphatic rings. The van der Waals surface area contributed by atoms with Crippen LogP contribution in [0.3, 0.4) is 0 Å². The topological polar surface area (TPSA) is 75.7 Å². The van der Waals surface area contributed by atoms with Gasteiger partial charge < -0.3 is 10.1 Å². The molecule has 1 saturated heterocycles. The number of rotatable bonds is 7. The van der Waals surface area contributed by atoms with Gasteiger partial charge in [0.15, 0.2) is 0 Å². The van der Waals surface area contributed by atoms with Crippen LogP contribution in [0.15, 0.2) is 53.4 Å². The molecule has 1 heterocycles. The number of sulfonamides is 1. The van der Waals surface area contributed by atoms with E-state index in [0.29, 0.717) is 25.3 Å². The summed E-state index contributed by atoms with van der Waals surface area (Å²) in [5, 5.41) is 2.79. The van der Waals surface area contributed by atoms with Gasteiger partial charge in [-0.2, -0.15) is 4.31 Å². The summed E-state index contributed by atoms with van der Waals surface area (Å²) in [7, 11) is -3.53. The molecule has 0 saturated carbocycles. The molecule has 2 aromatic carbocycles. The second-order valence-corrected chi connectivity index (χ2v) is 9.29. The minimum atomic E-state index is -3.53. The average molecular weight is 417 g/mol. The van der Waals surface area contributed by atoms with Crippen molar-refractivity contribution in [2.45, 2.75) is 44.0 Å². The van der Waals surface area contributed by atoms with Crippen molar-refractivity contribution in [2.75, 3.05) is 19.7 Å². The third-order valence-electron chi connectivity index (χ3n) is 5.14. The Morgan fingerprint density at radius 3 is 2.45 bits per heavy atom. The molecule has 0 unspecified atom stereocenters. The number of hydrogen-bond acceptors (Lipinski definition) is 4. The van der Waals surface area contributed by atoms with Crippen molar-refractivity contribution in [2.24, 2.45) is 0 Å². The molecule has 0 spiro atoms. The molecule has 1 fully saturated rings. The van der Waals surface area contributed by atoms with Gasteiger partial charge in [0.1, 0.15) is 12.4 Å². The van der Waals surface area contributed by atoms with E-state index in [0.717, 1.165) is 30.6 Å². The largest absolute Gasteiger partial charge is 0.492 e. The van der Waals surface area contributed by atoms with Crippen LogP contribution in [0.4, 0.5) is 0 Å². The molecule has 7 heteroatoms. The van der Waals surface area contributed by atoms with Gasteiger partial charge in [-0.15, -0.1) is 0 Å². The van der Waals surface area contributed by atoms with Crippen LogP contribution < -0.4 is 10.1 Å². The van der Waals surface area contributed by atoms with E-state index in [1.165, 1.54) is 12.1 Å². The molecule has 0 aromatic heterocycles. The number of carbonyl (C=O) groups excluding carboxylic acids is 1. The number of piperidine rings is 1. The van der Waals surface area contributed by atoms with E-state index in [-0.39, 0.29) is 16.8 Å². The SMILES string of the molecule is Cc1ccc(OCCNC(=O)c2ccc(S(=O)(=O)N3CCCC[C@@H]3C)cc2)cc1. The lowest BCUT2D eigenvalue weighted by Crippen LogP contribution is -2.41. The van der Waals surface area contributed by atoms with Crippen molar-refractivity contribution in [1.82, 2.24) is 9.62 Å². The van der Waals surface area contributed by atoms with Gasteiger partial charge in [0, 0.05) is 18.2 Å². The maximum atomic E-state index is 12.9. The molecule has 2 aromatic rings. The fourth-order valence-electron chi connectivity index (χ4n) is 3.41. The molecule has 156 valence electrons. The van der Waals surface area contributed by atoms with Gasteiger partial charge in [-0.1, -0.05) is 24.1 Å². The highest BCUT2D eigenvalue weighted by atomic mass is 32.2. The number of amides is 1. The zero-order valence-electron chi connectivity index (χ0n) is 16.9. The van der Waals surface area contributed by atoms with Gasteiger partial charge in [0.05, 0.1) is 11.4 Å². The molecule has 0 radical (unpaired) electrons. The van der Waals surface area contributed by atoms with E-state index in [4.69, 9.17) is 4.74 Å². The fourth-order valence-corrected chi connectivity index (χ4v) is 5.11. The van der Waals surface area contributed by atoms with Gasteiger partial charge >= 0.3 is 0 Å². The van der Waals surface area contributed by atoms with Gasteiger partial charge in [0.2, 0.25) is 10.0 Å². The predicted octanol–water partition coefficient (Wildman–Crippen LogP) is 3.37. The Morgan fingerprint density at radius 2 is 1.79 bits per heavy atom. The minimum absolute atomic E-state index is 0.00487. The van der Waals surface area contributed by atoms with Crippen LogP contribution in [-0.4, -0.2) is 44.4 Å². The van der Waals surface area contributed by atoms with Crippen molar-refractivity contribution in [3.8, 4) is 5.75 Å². The number of nitrogens with zero attached hydrogens (tertiary/aromatic N) is 1. The van der Waals surface area contributed by atoms with Gasteiger partial charge in [0.25, 0.3) is 5.91 Å². The molecule has 0 bridgehead atoms. The molecule has 3 rings (SSSR count). The highest BCUT2D eigenvalue weighted by Crippen LogP contribution is 2.25. The lowest BCUT2D eigenvalue weighted by molar-refractivity contribution is 0.0947. The van der Waals surface area contributed by atoms with Gasteiger partial charge in [-0.3, -0.25) is 4.79 Å². The van der Waals surface area contributed by atoms with Crippen LogP contribution in [-0.2, 0) is 10.0 Å². The number of ether oxygens (including phenoxy) is 1. The Balaban J connectivity index is 1.53. The van der Waals surface area contributed by atoms with Gasteiger partial charge in [-0.05, 0) is 63.1 Å². The Labute approximate surface area is 172 Å². The van der Waals surface area contributed by atoms with E-state index in [2.05, 4.69) is 5.32 Å². The summed E-state index contributed by atoms with van der Waals surface area (Å²) in [6.45, 7) is 5.21. The first kappa shape index (κ1) is 21.3. The highest BCUT2D eigenvalue weighted by Gasteiger charge is 2.30. The number of nitrogens with one attached hydrogen (secondary N) is 1. The number of aryl methyl sites for hydroxylation is 1. The number of carbonyl (C=O) groups is 1. The molecular weight excluding hydrogens is 388 g/mol. The van der Waals surface area contributed by atoms with Crippen LogP contribution >= 0.6 is 0 Å². The molecular formula is C22H28N2O4S. The van der Waals surface area contributed by atoms with Crippen LogP contribution in [0.5, 0.6) is 5.75 Å². The molecule has 1 N–H and O–H groups in total. The smallest absolute Gasteiger partial charge is 0.251 e. The van der Waals surface area contributed by atoms with Crippen LogP contribution in [0, 0.1) is 6.92 Å². The molecule has 1 aliphatic heterocycles. The standard InChI is InChI=1S/C22H28N2O4S/c1-17-6-10-20(11-7-17)28-16-14-23-22(25)19-8-12-21(13-9-19)29(26,27)24-15-4-3-5-18(24)2/h6-13,18H,3-5,14-16H2,1-2H3,(H,23,25)/t18-/m0/s1. The average Bonchev–Trinajstić information content (AvgIpc) is 2.72. The summed E-state index contributed by atoms with van der Waals surface area (Å²) in [6, 6.07) is 13.8. The number of hydrogen-bond donors (Lipinski definition) is 1. The first-order chi connectivity index (χ1) is 13.9. The molecule has 1 atom stereocenters. The van der Waals surface area contributed by atoms with Crippen molar-refractivity contribution in [3.05, 3.63) is 59.7 Å². The summed E-state index contributed by atoms with van der Waals surface area (Å²) in [4.78, 5) is 12.5. The minimum Gasteiger partial charge on any atom is -0.492 e. The molecule has 6 nitrogen and oxygen atoms in total. The highest BCUT2D eigenvalue weighted by molar-refractivity contribution is 7.89. The summed E-state index contributed by atoms with van der Waals surface area (Å²) < 4.78 is 32.9. The zero-order valence-corrected chi connectivity index (χ0v) is 17.7. The lowest BCUT2D eigenvalue weighted by atomic mass is 10.1. The predicted molar refractivity (Wildman–Crippen MR) is 113 cm³/mol. The third-order valence-corrected chi connectivity index (χ3v) is 7.17. The quantitative estimate of drug-likeness (QED) is 0.702. The molecule has 0 aliphatic carbocycles. The maximum Gasteiger partial charge on any atom is 0.251 e. The monoisotopic (exact) mass is 416 g/mol. The van der Waals surface area contributed by atoms with E-state index < -0.39 is 10.0 Å². The normalized spacial score (nSPS) is 17.7. The van der Waals surface area contributed by atoms with Crippen molar-refractivity contribution in [3.63, 3.8) is 0 Å². The van der Waals surface area contributed by atoms with Gasteiger partial charge in [-0.25, -0.2) is 8.42 Å². The lowest BCUT2D eigenvalue weighted by Gasteiger charge is -2.32. The Morgan fingerprint density at radius 1 is 1.10 bits per heavy atom. The zero-order chi connectivity index (χ0) is 20.9. The maximum absolute atomic E-state index is 12.9. The van der Waals surface area contributed by atoms with E-state index >= 15 is 0 Å². The Hall–Kier alpha value is -2.38. The number of benzene rings is 2. The Kier molecular flexibility index (Phi) is 6.92. The van der Waals surface area contributed by atoms with Crippen molar-refractivity contribution >= 4 is 15.9 Å². The molecule has 1 amide bonds. The van der Waals surface area contributed by atoms with Crippen LogP contribution in [0.25, 0.3) is 0 Å². The summed E-state index contributed by atoms with van der Waals surface area (Å²) in [5.41, 5.74) is 1.58. The summed E-state index contributed by atoms with van der Waals surface area (Å²) in [6.07, 6.45) is 2.82. The van der Waals surface area contributed by atoms with Crippen LogP contribution in [0.1, 0.15) is 42.1 Å². The summed E-state index contributed by atoms with van der Waals surface area (Å²) >= 11 is 0. The van der Waals surface area contributed by atoms with Crippen molar-refractivity contribution < 1.29 is 17.9 Å².